The maximum absolute atomic E-state index is 12.7. The number of rotatable bonds is 6. The Morgan fingerprint density at radius 2 is 1.78 bits per heavy atom. The van der Waals surface area contributed by atoms with Crippen molar-refractivity contribution in [1.82, 2.24) is 29.8 Å². The van der Waals surface area contributed by atoms with E-state index in [4.69, 9.17) is 10.1 Å². The van der Waals surface area contributed by atoms with Crippen LogP contribution in [0.1, 0.15) is 64.1 Å². The zero-order valence-electron chi connectivity index (χ0n) is 19.7. The van der Waals surface area contributed by atoms with Crippen LogP contribution in [0.25, 0.3) is 0 Å². The van der Waals surface area contributed by atoms with E-state index in [2.05, 4.69) is 45.9 Å². The molecule has 2 saturated heterocycles. The molecule has 3 aliphatic rings. The van der Waals surface area contributed by atoms with Crippen LogP contribution >= 0.6 is 24.0 Å². The van der Waals surface area contributed by atoms with E-state index >= 15 is 0 Å². The van der Waals surface area contributed by atoms with E-state index in [-0.39, 0.29) is 30.0 Å². The lowest BCUT2D eigenvalue weighted by molar-refractivity contribution is -0.135. The summed E-state index contributed by atoms with van der Waals surface area (Å²) in [6, 6.07) is 2.65. The first kappa shape index (κ1) is 25.3. The van der Waals surface area contributed by atoms with Gasteiger partial charge in [0.15, 0.2) is 5.96 Å². The fourth-order valence-electron chi connectivity index (χ4n) is 5.09. The molecule has 9 heteroatoms. The van der Waals surface area contributed by atoms with Crippen LogP contribution in [0.2, 0.25) is 0 Å². The largest absolute Gasteiger partial charge is 0.357 e. The van der Waals surface area contributed by atoms with E-state index in [1.165, 1.54) is 25.7 Å². The molecule has 8 nitrogen and oxygen atoms in total. The van der Waals surface area contributed by atoms with E-state index in [9.17, 15) is 4.79 Å². The van der Waals surface area contributed by atoms with Crippen molar-refractivity contribution in [2.75, 3.05) is 45.8 Å². The summed E-state index contributed by atoms with van der Waals surface area (Å²) < 4.78 is 2.14. The number of nitrogens with zero attached hydrogens (tertiary/aromatic N) is 6. The van der Waals surface area contributed by atoms with E-state index in [0.29, 0.717) is 18.5 Å². The normalized spacial score (nSPS) is 21.6. The smallest absolute Gasteiger partial charge is 0.239 e. The molecular weight excluding hydrogens is 517 g/mol. The Kier molecular flexibility index (Phi) is 9.63. The minimum atomic E-state index is -0.0284. The Bertz CT molecular complexity index is 747. The van der Waals surface area contributed by atoms with Crippen molar-refractivity contribution in [2.45, 2.75) is 71.0 Å². The summed E-state index contributed by atoms with van der Waals surface area (Å²) in [6.07, 6.45) is 9.53. The number of likely N-dealkylation sites (tertiary alicyclic amines) is 1. The van der Waals surface area contributed by atoms with Crippen LogP contribution in [0.3, 0.4) is 0 Å². The molecule has 1 aromatic heterocycles. The molecule has 4 rings (SSSR count). The molecule has 32 heavy (non-hydrogen) atoms. The Hall–Kier alpha value is -1.36. The molecule has 3 fully saturated rings. The quantitative estimate of drug-likeness (QED) is 0.331. The SMILES string of the molecule is CCNC(=NCc1ccn(C2CCCC2)n1)N1CCN(C(C)C(=O)N2CCCC2)CC1.I. The van der Waals surface area contributed by atoms with Gasteiger partial charge in [-0.2, -0.15) is 5.10 Å². The predicted molar refractivity (Wildman–Crippen MR) is 138 cm³/mol. The zero-order chi connectivity index (χ0) is 21.6. The monoisotopic (exact) mass is 557 g/mol. The fourth-order valence-corrected chi connectivity index (χ4v) is 5.09. The number of hydrogen-bond acceptors (Lipinski definition) is 4. The zero-order valence-corrected chi connectivity index (χ0v) is 22.0. The van der Waals surface area contributed by atoms with Gasteiger partial charge in [-0.05, 0) is 45.6 Å². The first-order chi connectivity index (χ1) is 15.2. The summed E-state index contributed by atoms with van der Waals surface area (Å²) in [5.74, 6) is 1.25. The van der Waals surface area contributed by atoms with Gasteiger partial charge in [0.25, 0.3) is 0 Å². The van der Waals surface area contributed by atoms with Gasteiger partial charge in [0, 0.05) is 52.0 Å². The molecule has 1 atom stereocenters. The van der Waals surface area contributed by atoms with Gasteiger partial charge in [-0.25, -0.2) is 4.99 Å². The van der Waals surface area contributed by atoms with Crippen molar-refractivity contribution in [3.8, 4) is 0 Å². The fraction of sp³-hybridized carbons (Fsp3) is 0.783. The van der Waals surface area contributed by atoms with Crippen LogP contribution in [0.15, 0.2) is 17.3 Å². The summed E-state index contributed by atoms with van der Waals surface area (Å²) in [5.41, 5.74) is 1.03. The molecule has 1 N–H and O–H groups in total. The number of amides is 1. The highest BCUT2D eigenvalue weighted by Crippen LogP contribution is 2.28. The van der Waals surface area contributed by atoms with Crippen LogP contribution in [-0.2, 0) is 11.3 Å². The number of hydrogen-bond donors (Lipinski definition) is 1. The molecule has 180 valence electrons. The highest BCUT2D eigenvalue weighted by Gasteiger charge is 2.30. The van der Waals surface area contributed by atoms with Crippen LogP contribution in [0.4, 0.5) is 0 Å². The lowest BCUT2D eigenvalue weighted by atomic mass is 10.2. The minimum absolute atomic E-state index is 0. The van der Waals surface area contributed by atoms with Crippen molar-refractivity contribution in [3.63, 3.8) is 0 Å². The maximum atomic E-state index is 12.7. The van der Waals surface area contributed by atoms with Gasteiger partial charge < -0.3 is 15.1 Å². The van der Waals surface area contributed by atoms with E-state index in [1.54, 1.807) is 0 Å². The Morgan fingerprint density at radius 3 is 2.44 bits per heavy atom. The van der Waals surface area contributed by atoms with Crippen LogP contribution in [-0.4, -0.2) is 88.2 Å². The number of guanidine groups is 1. The van der Waals surface area contributed by atoms with Crippen LogP contribution < -0.4 is 5.32 Å². The second-order valence-electron chi connectivity index (χ2n) is 9.13. The number of aliphatic imine (C=N–C) groups is 1. The summed E-state index contributed by atoms with van der Waals surface area (Å²) in [6.45, 7) is 11.0. The second kappa shape index (κ2) is 12.2. The second-order valence-corrected chi connectivity index (χ2v) is 9.13. The Labute approximate surface area is 209 Å². The number of piperazine rings is 1. The molecule has 0 radical (unpaired) electrons. The van der Waals surface area contributed by atoms with E-state index < -0.39 is 0 Å². The summed E-state index contributed by atoms with van der Waals surface area (Å²) in [7, 11) is 0. The third-order valence-corrected chi connectivity index (χ3v) is 7.02. The average Bonchev–Trinajstić information content (AvgIpc) is 3.57. The summed E-state index contributed by atoms with van der Waals surface area (Å²) in [4.78, 5) is 24.3. The molecule has 0 spiro atoms. The Balaban J connectivity index is 0.00000289. The third-order valence-electron chi connectivity index (χ3n) is 7.02. The Morgan fingerprint density at radius 1 is 1.09 bits per heavy atom. The van der Waals surface area contributed by atoms with Gasteiger partial charge in [-0.15, -0.1) is 24.0 Å². The van der Waals surface area contributed by atoms with Crippen molar-refractivity contribution in [1.29, 1.82) is 0 Å². The van der Waals surface area contributed by atoms with Crippen molar-refractivity contribution < 1.29 is 4.79 Å². The van der Waals surface area contributed by atoms with E-state index in [1.807, 2.05) is 4.90 Å². The molecule has 1 amide bonds. The number of carbonyl (C=O) groups excluding carboxylic acids is 1. The van der Waals surface area contributed by atoms with Gasteiger partial charge in [0.1, 0.15) is 0 Å². The molecule has 2 aliphatic heterocycles. The summed E-state index contributed by atoms with van der Waals surface area (Å²) in [5, 5.41) is 8.22. The first-order valence-corrected chi connectivity index (χ1v) is 12.3. The van der Waals surface area contributed by atoms with Crippen molar-refractivity contribution in [2.24, 2.45) is 4.99 Å². The van der Waals surface area contributed by atoms with Gasteiger partial charge in [-0.1, -0.05) is 12.8 Å². The van der Waals surface area contributed by atoms with Crippen LogP contribution in [0.5, 0.6) is 0 Å². The standard InChI is InChI=1S/C23H39N7O.HI/c1-3-24-23(25-18-20-10-13-30(26-20)21-8-4-5-9-21)29-16-14-27(15-17-29)19(2)22(31)28-11-6-7-12-28;/h10,13,19,21H,3-9,11-12,14-18H2,1-2H3,(H,24,25);1H. The average molecular weight is 558 g/mol. The van der Waals surface area contributed by atoms with Gasteiger partial charge in [0.2, 0.25) is 5.91 Å². The molecule has 0 aromatic carbocycles. The molecular formula is C23H40IN7O. The lowest BCUT2D eigenvalue weighted by Crippen LogP contribution is -2.57. The molecule has 0 bridgehead atoms. The highest BCUT2D eigenvalue weighted by atomic mass is 127. The topological polar surface area (TPSA) is 69.0 Å². The van der Waals surface area contributed by atoms with Crippen molar-refractivity contribution >= 4 is 35.8 Å². The molecule has 1 saturated carbocycles. The number of halogens is 1. The highest BCUT2D eigenvalue weighted by molar-refractivity contribution is 14.0. The van der Waals surface area contributed by atoms with Crippen LogP contribution in [0, 0.1) is 0 Å². The predicted octanol–water partition coefficient (Wildman–Crippen LogP) is 2.71. The lowest BCUT2D eigenvalue weighted by Gasteiger charge is -2.39. The molecule has 1 aliphatic carbocycles. The first-order valence-electron chi connectivity index (χ1n) is 12.3. The molecule has 3 heterocycles. The van der Waals surface area contributed by atoms with Gasteiger partial charge in [-0.3, -0.25) is 14.4 Å². The number of carbonyl (C=O) groups is 1. The number of nitrogens with one attached hydrogen (secondary N) is 1. The third kappa shape index (κ3) is 6.15. The molecule has 1 unspecified atom stereocenters. The van der Waals surface area contributed by atoms with Gasteiger partial charge >= 0.3 is 0 Å². The summed E-state index contributed by atoms with van der Waals surface area (Å²) >= 11 is 0. The van der Waals surface area contributed by atoms with E-state index in [0.717, 1.165) is 70.3 Å². The van der Waals surface area contributed by atoms with Gasteiger partial charge in [0.05, 0.1) is 24.3 Å². The minimum Gasteiger partial charge on any atom is -0.357 e. The maximum Gasteiger partial charge on any atom is 0.239 e. The van der Waals surface area contributed by atoms with Crippen molar-refractivity contribution in [3.05, 3.63) is 18.0 Å². The molecule has 1 aromatic rings. The number of aromatic nitrogens is 2.